The molecule has 0 amide bonds. The first-order valence-corrected chi connectivity index (χ1v) is 5.05. The number of anilines is 2. The SMILES string of the molecule is c1cc2c3c(c1)NSN3CCC2. The maximum Gasteiger partial charge on any atom is 0.0758 e. The van der Waals surface area contributed by atoms with E-state index in [1.54, 1.807) is 12.1 Å². The van der Waals surface area contributed by atoms with Crippen LogP contribution in [0.25, 0.3) is 0 Å². The zero-order valence-electron chi connectivity index (χ0n) is 6.71. The van der Waals surface area contributed by atoms with Crippen LogP contribution in [0.3, 0.4) is 0 Å². The number of aryl methyl sites for hydroxylation is 1. The van der Waals surface area contributed by atoms with Crippen LogP contribution in [0.1, 0.15) is 12.0 Å². The minimum absolute atomic E-state index is 1.18. The standard InChI is InChI=1S/C9H10N2S/c1-3-7-4-2-6-11-9(7)8(5-1)10-12-11/h1,3,5,10H,2,4,6H2. The maximum atomic E-state index is 3.32. The lowest BCUT2D eigenvalue weighted by Gasteiger charge is -2.23. The summed E-state index contributed by atoms with van der Waals surface area (Å²) in [5.74, 6) is 0. The highest BCUT2D eigenvalue weighted by atomic mass is 32.2. The first kappa shape index (κ1) is 6.66. The molecule has 0 saturated carbocycles. The van der Waals surface area contributed by atoms with Gasteiger partial charge in [0.05, 0.1) is 23.5 Å². The predicted octanol–water partition coefficient (Wildman–Crippen LogP) is 2.43. The number of nitrogens with zero attached hydrogens (tertiary/aromatic N) is 1. The molecule has 2 nitrogen and oxygen atoms in total. The van der Waals surface area contributed by atoms with Gasteiger partial charge < -0.3 is 4.72 Å². The second-order valence-corrected chi connectivity index (χ2v) is 4.04. The molecule has 1 aromatic carbocycles. The van der Waals surface area contributed by atoms with E-state index in [0.29, 0.717) is 0 Å². The molecule has 0 fully saturated rings. The normalized spacial score (nSPS) is 18.8. The molecule has 0 unspecified atom stereocenters. The summed E-state index contributed by atoms with van der Waals surface area (Å²) in [6.07, 6.45) is 2.52. The summed E-state index contributed by atoms with van der Waals surface area (Å²) in [7, 11) is 0. The summed E-state index contributed by atoms with van der Waals surface area (Å²) in [5, 5.41) is 0. The second-order valence-electron chi connectivity index (χ2n) is 3.21. The van der Waals surface area contributed by atoms with E-state index in [0.717, 1.165) is 0 Å². The molecular formula is C9H10N2S. The van der Waals surface area contributed by atoms with Gasteiger partial charge in [-0.25, -0.2) is 0 Å². The molecule has 0 radical (unpaired) electrons. The van der Waals surface area contributed by atoms with Crippen molar-refractivity contribution in [3.63, 3.8) is 0 Å². The third kappa shape index (κ3) is 0.771. The summed E-state index contributed by atoms with van der Waals surface area (Å²) in [4.78, 5) is 0. The van der Waals surface area contributed by atoms with Crippen molar-refractivity contribution in [1.29, 1.82) is 0 Å². The summed E-state index contributed by atoms with van der Waals surface area (Å²) < 4.78 is 5.68. The van der Waals surface area contributed by atoms with Gasteiger partial charge in [-0.05, 0) is 24.5 Å². The Kier molecular flexibility index (Phi) is 1.29. The molecule has 0 saturated heterocycles. The molecule has 2 aliphatic rings. The van der Waals surface area contributed by atoms with E-state index >= 15 is 0 Å². The Morgan fingerprint density at radius 2 is 2.42 bits per heavy atom. The minimum atomic E-state index is 1.18. The first-order chi connectivity index (χ1) is 5.95. The summed E-state index contributed by atoms with van der Waals surface area (Å²) in [6, 6.07) is 6.52. The first-order valence-electron chi connectivity index (χ1n) is 4.27. The highest BCUT2D eigenvalue weighted by Crippen LogP contribution is 2.44. The van der Waals surface area contributed by atoms with Crippen LogP contribution in [0, 0.1) is 0 Å². The summed E-state index contributed by atoms with van der Waals surface area (Å²) >= 11 is 1.72. The molecule has 2 aliphatic heterocycles. The van der Waals surface area contributed by atoms with Gasteiger partial charge >= 0.3 is 0 Å². The Morgan fingerprint density at radius 1 is 1.42 bits per heavy atom. The molecule has 0 aliphatic carbocycles. The summed E-state index contributed by atoms with van der Waals surface area (Å²) in [5.41, 5.74) is 4.21. The molecule has 0 atom stereocenters. The average Bonchev–Trinajstić information content (AvgIpc) is 2.52. The fraction of sp³-hybridized carbons (Fsp3) is 0.333. The van der Waals surface area contributed by atoms with Gasteiger partial charge in [0.2, 0.25) is 0 Å². The lowest BCUT2D eigenvalue weighted by Crippen LogP contribution is -2.19. The third-order valence-electron chi connectivity index (χ3n) is 2.44. The van der Waals surface area contributed by atoms with E-state index in [9.17, 15) is 0 Å². The van der Waals surface area contributed by atoms with E-state index < -0.39 is 0 Å². The van der Waals surface area contributed by atoms with Crippen molar-refractivity contribution in [2.75, 3.05) is 15.6 Å². The van der Waals surface area contributed by atoms with Crippen LogP contribution in [0.4, 0.5) is 11.4 Å². The van der Waals surface area contributed by atoms with Gasteiger partial charge in [-0.2, -0.15) is 0 Å². The van der Waals surface area contributed by atoms with E-state index in [2.05, 4.69) is 27.2 Å². The fourth-order valence-corrected chi connectivity index (χ4v) is 2.79. The number of nitrogens with one attached hydrogen (secondary N) is 1. The summed E-state index contributed by atoms with van der Waals surface area (Å²) in [6.45, 7) is 1.18. The average molecular weight is 178 g/mol. The largest absolute Gasteiger partial charge is 0.310 e. The van der Waals surface area contributed by atoms with Gasteiger partial charge in [0.15, 0.2) is 0 Å². The highest BCUT2D eigenvalue weighted by Gasteiger charge is 2.25. The van der Waals surface area contributed by atoms with Crippen molar-refractivity contribution < 1.29 is 0 Å². The van der Waals surface area contributed by atoms with Gasteiger partial charge in [-0.1, -0.05) is 12.1 Å². The molecule has 0 bridgehead atoms. The smallest absolute Gasteiger partial charge is 0.0758 e. The molecule has 1 N–H and O–H groups in total. The Balaban J connectivity index is 2.23. The number of rotatable bonds is 0. The van der Waals surface area contributed by atoms with Crippen molar-refractivity contribution in [1.82, 2.24) is 0 Å². The molecule has 3 rings (SSSR count). The zero-order valence-corrected chi connectivity index (χ0v) is 7.53. The van der Waals surface area contributed by atoms with Crippen LogP contribution >= 0.6 is 12.1 Å². The number of hydrogen-bond acceptors (Lipinski definition) is 3. The lowest BCUT2D eigenvalue weighted by atomic mass is 10.0. The van der Waals surface area contributed by atoms with E-state index in [1.165, 1.54) is 36.3 Å². The van der Waals surface area contributed by atoms with Crippen molar-refractivity contribution in [3.8, 4) is 0 Å². The minimum Gasteiger partial charge on any atom is -0.310 e. The molecule has 0 aromatic heterocycles. The molecule has 1 aromatic rings. The molecular weight excluding hydrogens is 168 g/mol. The number of benzene rings is 1. The van der Waals surface area contributed by atoms with Crippen molar-refractivity contribution in [2.24, 2.45) is 0 Å². The van der Waals surface area contributed by atoms with E-state index in [1.807, 2.05) is 0 Å². The Morgan fingerprint density at radius 3 is 3.42 bits per heavy atom. The molecule has 3 heteroatoms. The van der Waals surface area contributed by atoms with Crippen LogP contribution in [-0.4, -0.2) is 6.54 Å². The van der Waals surface area contributed by atoms with Crippen molar-refractivity contribution in [2.45, 2.75) is 12.8 Å². The zero-order chi connectivity index (χ0) is 7.97. The molecule has 62 valence electrons. The third-order valence-corrected chi connectivity index (χ3v) is 3.34. The predicted molar refractivity (Wildman–Crippen MR) is 53.3 cm³/mol. The molecule has 2 heterocycles. The van der Waals surface area contributed by atoms with Crippen LogP contribution < -0.4 is 9.03 Å². The Bertz CT molecular complexity index is 324. The highest BCUT2D eigenvalue weighted by molar-refractivity contribution is 8.02. The van der Waals surface area contributed by atoms with Crippen molar-refractivity contribution in [3.05, 3.63) is 23.8 Å². The number of hydrogen-bond donors (Lipinski definition) is 1. The van der Waals surface area contributed by atoms with Gasteiger partial charge in [0.1, 0.15) is 0 Å². The van der Waals surface area contributed by atoms with Crippen molar-refractivity contribution >= 4 is 23.5 Å². The number of para-hydroxylation sites is 1. The van der Waals surface area contributed by atoms with Gasteiger partial charge in [-0.3, -0.25) is 4.31 Å². The Labute approximate surface area is 76.2 Å². The van der Waals surface area contributed by atoms with Gasteiger partial charge in [0.25, 0.3) is 0 Å². The van der Waals surface area contributed by atoms with Crippen LogP contribution in [0.5, 0.6) is 0 Å². The van der Waals surface area contributed by atoms with Crippen LogP contribution in [0.2, 0.25) is 0 Å². The second kappa shape index (κ2) is 2.33. The van der Waals surface area contributed by atoms with E-state index in [-0.39, 0.29) is 0 Å². The fourth-order valence-electron chi connectivity index (χ4n) is 1.89. The Hall–Kier alpha value is -0.830. The van der Waals surface area contributed by atoms with Gasteiger partial charge in [-0.15, -0.1) is 0 Å². The lowest BCUT2D eigenvalue weighted by molar-refractivity contribution is 0.800. The molecule has 12 heavy (non-hydrogen) atoms. The van der Waals surface area contributed by atoms with Crippen LogP contribution in [0.15, 0.2) is 18.2 Å². The quantitative estimate of drug-likeness (QED) is 0.614. The monoisotopic (exact) mass is 178 g/mol. The topological polar surface area (TPSA) is 15.3 Å². The maximum absolute atomic E-state index is 3.32. The van der Waals surface area contributed by atoms with E-state index in [4.69, 9.17) is 0 Å². The molecule has 0 spiro atoms. The van der Waals surface area contributed by atoms with Gasteiger partial charge in [0, 0.05) is 6.54 Å². The van der Waals surface area contributed by atoms with Crippen LogP contribution in [-0.2, 0) is 6.42 Å².